The molecule has 0 spiro atoms. The molecular formula is C23H30N3O2+. The number of amides is 2. The fourth-order valence-corrected chi connectivity index (χ4v) is 3.81. The minimum atomic E-state index is -0.0666. The average Bonchev–Trinajstić information content (AvgIpc) is 3.11. The van der Waals surface area contributed by atoms with Crippen LogP contribution < -0.4 is 15.5 Å². The molecule has 0 saturated carbocycles. The molecule has 0 saturated heterocycles. The Kier molecular flexibility index (Phi) is 6.82. The van der Waals surface area contributed by atoms with Crippen molar-refractivity contribution >= 4 is 23.2 Å². The lowest BCUT2D eigenvalue weighted by Crippen LogP contribution is -3.14. The molecule has 2 aromatic carbocycles. The van der Waals surface area contributed by atoms with Crippen molar-refractivity contribution < 1.29 is 14.5 Å². The highest BCUT2D eigenvalue weighted by atomic mass is 16.2. The fraction of sp³-hybridized carbons (Fsp3) is 0.391. The zero-order chi connectivity index (χ0) is 19.9. The summed E-state index contributed by atoms with van der Waals surface area (Å²) >= 11 is 0. The summed E-state index contributed by atoms with van der Waals surface area (Å²) in [6.07, 6.45) is 4.33. The lowest BCUT2D eigenvalue weighted by atomic mass is 10.1. The average molecular weight is 381 g/mol. The van der Waals surface area contributed by atoms with Gasteiger partial charge in [0.05, 0.1) is 6.54 Å². The molecule has 0 bridgehead atoms. The summed E-state index contributed by atoms with van der Waals surface area (Å²) in [5, 5.41) is 5.96. The number of para-hydroxylation sites is 1. The number of rotatable bonds is 8. The molecule has 1 aliphatic rings. The van der Waals surface area contributed by atoms with Crippen LogP contribution in [0.25, 0.3) is 0 Å². The number of hydrogen-bond donors (Lipinski definition) is 3. The van der Waals surface area contributed by atoms with Crippen LogP contribution in [0.2, 0.25) is 0 Å². The maximum atomic E-state index is 12.5. The van der Waals surface area contributed by atoms with E-state index in [0.29, 0.717) is 0 Å². The van der Waals surface area contributed by atoms with Crippen molar-refractivity contribution in [1.29, 1.82) is 0 Å². The van der Waals surface area contributed by atoms with Gasteiger partial charge in [0.15, 0.2) is 13.1 Å². The van der Waals surface area contributed by atoms with Gasteiger partial charge in [-0.2, -0.15) is 0 Å². The van der Waals surface area contributed by atoms with Crippen LogP contribution in [0.15, 0.2) is 42.5 Å². The van der Waals surface area contributed by atoms with E-state index >= 15 is 0 Å². The van der Waals surface area contributed by atoms with Gasteiger partial charge in [-0.05, 0) is 67.5 Å². The quantitative estimate of drug-likeness (QED) is 0.658. The second-order valence-electron chi connectivity index (χ2n) is 7.60. The maximum Gasteiger partial charge on any atom is 0.279 e. The van der Waals surface area contributed by atoms with Crippen molar-refractivity contribution in [3.05, 3.63) is 59.2 Å². The monoisotopic (exact) mass is 380 g/mol. The number of fused-ring (bicyclic) bond motifs is 1. The van der Waals surface area contributed by atoms with Gasteiger partial charge in [-0.1, -0.05) is 31.2 Å². The number of carbonyl (C=O) groups is 2. The summed E-state index contributed by atoms with van der Waals surface area (Å²) in [5.74, 6) is -0.117. The molecule has 5 heteroatoms. The van der Waals surface area contributed by atoms with Gasteiger partial charge < -0.3 is 15.5 Å². The van der Waals surface area contributed by atoms with E-state index in [9.17, 15) is 9.59 Å². The molecule has 3 rings (SSSR count). The molecule has 28 heavy (non-hydrogen) atoms. The number of hydrogen-bond acceptors (Lipinski definition) is 2. The third-order valence-corrected chi connectivity index (χ3v) is 5.23. The van der Waals surface area contributed by atoms with E-state index in [1.54, 1.807) is 0 Å². The highest BCUT2D eigenvalue weighted by molar-refractivity contribution is 5.93. The molecular weight excluding hydrogens is 350 g/mol. The fourth-order valence-electron chi connectivity index (χ4n) is 3.81. The van der Waals surface area contributed by atoms with Gasteiger partial charge in [0.25, 0.3) is 11.8 Å². The van der Waals surface area contributed by atoms with Gasteiger partial charge in [0, 0.05) is 11.4 Å². The zero-order valence-electron chi connectivity index (χ0n) is 16.8. The Hall–Kier alpha value is -2.66. The molecule has 0 radical (unpaired) electrons. The predicted octanol–water partition coefficient (Wildman–Crippen LogP) is 2.36. The topological polar surface area (TPSA) is 62.6 Å². The Balaban J connectivity index is 1.55. The van der Waals surface area contributed by atoms with Gasteiger partial charge in [-0.25, -0.2) is 0 Å². The van der Waals surface area contributed by atoms with Crippen LogP contribution in [0.5, 0.6) is 0 Å². The highest BCUT2D eigenvalue weighted by Gasteiger charge is 2.19. The summed E-state index contributed by atoms with van der Waals surface area (Å²) in [7, 11) is 0. The number of aryl methyl sites for hydroxylation is 3. The zero-order valence-corrected chi connectivity index (χ0v) is 16.8. The Labute approximate surface area is 167 Å². The Morgan fingerprint density at radius 2 is 1.68 bits per heavy atom. The van der Waals surface area contributed by atoms with E-state index in [1.165, 1.54) is 17.5 Å². The van der Waals surface area contributed by atoms with Crippen LogP contribution in [0.1, 0.15) is 36.5 Å². The van der Waals surface area contributed by atoms with Crippen LogP contribution in [-0.2, 0) is 22.4 Å². The molecule has 1 atom stereocenters. The second kappa shape index (κ2) is 9.51. The minimum Gasteiger partial charge on any atom is -0.321 e. The van der Waals surface area contributed by atoms with Crippen molar-refractivity contribution in [1.82, 2.24) is 0 Å². The van der Waals surface area contributed by atoms with Gasteiger partial charge >= 0.3 is 0 Å². The molecule has 2 aromatic rings. The lowest BCUT2D eigenvalue weighted by Gasteiger charge is -2.18. The smallest absolute Gasteiger partial charge is 0.279 e. The lowest BCUT2D eigenvalue weighted by molar-refractivity contribution is -0.883. The molecule has 0 aromatic heterocycles. The predicted molar refractivity (Wildman–Crippen MR) is 113 cm³/mol. The third-order valence-electron chi connectivity index (χ3n) is 5.23. The van der Waals surface area contributed by atoms with Crippen LogP contribution in [0.3, 0.4) is 0 Å². The number of carbonyl (C=O) groups excluding carboxylic acids is 2. The minimum absolute atomic E-state index is 0.0508. The van der Waals surface area contributed by atoms with E-state index < -0.39 is 0 Å². The molecule has 0 aliphatic heterocycles. The van der Waals surface area contributed by atoms with Crippen molar-refractivity contribution in [2.75, 3.05) is 30.3 Å². The van der Waals surface area contributed by atoms with Gasteiger partial charge in [0.1, 0.15) is 0 Å². The molecule has 2 amide bonds. The third kappa shape index (κ3) is 5.42. The van der Waals surface area contributed by atoms with Crippen molar-refractivity contribution in [2.24, 2.45) is 0 Å². The molecule has 3 N–H and O–H groups in total. The number of quaternary nitrogens is 1. The van der Waals surface area contributed by atoms with E-state index in [4.69, 9.17) is 0 Å². The van der Waals surface area contributed by atoms with E-state index in [1.807, 2.05) is 37.3 Å². The molecule has 0 heterocycles. The van der Waals surface area contributed by atoms with Gasteiger partial charge in [0.2, 0.25) is 0 Å². The molecule has 1 aliphatic carbocycles. The first-order valence-electron chi connectivity index (χ1n) is 10.2. The van der Waals surface area contributed by atoms with Crippen LogP contribution in [0.4, 0.5) is 11.4 Å². The Morgan fingerprint density at radius 3 is 2.43 bits per heavy atom. The highest BCUT2D eigenvalue weighted by Crippen LogP contribution is 2.24. The first-order chi connectivity index (χ1) is 13.5. The number of nitrogens with one attached hydrogen (secondary N) is 3. The molecule has 0 fully saturated rings. The van der Waals surface area contributed by atoms with Crippen LogP contribution in [0, 0.1) is 6.92 Å². The summed E-state index contributed by atoms with van der Waals surface area (Å²) < 4.78 is 0. The summed E-state index contributed by atoms with van der Waals surface area (Å²) in [4.78, 5) is 25.9. The number of benzene rings is 2. The maximum absolute atomic E-state index is 12.5. The van der Waals surface area contributed by atoms with Crippen molar-refractivity contribution in [2.45, 2.75) is 39.5 Å². The normalized spacial score (nSPS) is 13.6. The largest absolute Gasteiger partial charge is 0.321 e. The van der Waals surface area contributed by atoms with Crippen LogP contribution in [-0.4, -0.2) is 31.4 Å². The SMILES string of the molecule is CCC[NH+](CC(=O)Nc1ccc2c(c1)CCC2)CC(=O)Nc1ccccc1C. The summed E-state index contributed by atoms with van der Waals surface area (Å²) in [6.45, 7) is 5.37. The van der Waals surface area contributed by atoms with E-state index in [0.717, 1.165) is 47.6 Å². The van der Waals surface area contributed by atoms with E-state index in [-0.39, 0.29) is 24.9 Å². The van der Waals surface area contributed by atoms with Gasteiger partial charge in [-0.3, -0.25) is 9.59 Å². The first kappa shape index (κ1) is 20.1. The summed E-state index contributed by atoms with van der Waals surface area (Å²) in [5.41, 5.74) is 5.44. The first-order valence-corrected chi connectivity index (χ1v) is 10.2. The number of anilines is 2. The van der Waals surface area contributed by atoms with E-state index in [2.05, 4.69) is 29.7 Å². The standard InChI is InChI=1S/C23H29N3O2/c1-3-13-26(16-23(28)25-21-10-5-4-7-17(21)2)15-22(27)24-20-12-11-18-8-6-9-19(18)14-20/h4-5,7,10-12,14H,3,6,8-9,13,15-16H2,1-2H3,(H,24,27)(H,25,28)/p+1. The van der Waals surface area contributed by atoms with Crippen molar-refractivity contribution in [3.8, 4) is 0 Å². The molecule has 5 nitrogen and oxygen atoms in total. The Bertz CT molecular complexity index is 847. The Morgan fingerprint density at radius 1 is 0.964 bits per heavy atom. The van der Waals surface area contributed by atoms with Crippen molar-refractivity contribution in [3.63, 3.8) is 0 Å². The summed E-state index contributed by atoms with van der Waals surface area (Å²) in [6, 6.07) is 13.9. The molecule has 148 valence electrons. The van der Waals surface area contributed by atoms with Crippen LogP contribution >= 0.6 is 0 Å². The second-order valence-corrected chi connectivity index (χ2v) is 7.60. The molecule has 1 unspecified atom stereocenters. The van der Waals surface area contributed by atoms with Gasteiger partial charge in [-0.15, -0.1) is 0 Å².